The number of pyridine rings is 2. The Bertz CT molecular complexity index is 3210. The molecule has 0 saturated heterocycles. The molecule has 0 bridgehead atoms. The SMILES string of the molecule is CC(C)(C)c1cc(-c2ccccc2)c(N2[CH-]N(c3[c-]c(Oc4[c-]c5c(cn4)[Se]c4ccccc4N5c4cc(C(C)(C)c5ccccc5)ccn4)ccc3)c3ccccc32)c(-c2ccccc2)c1.[Pt]. The molecule has 0 saturated carbocycles. The van der Waals surface area contributed by atoms with Crippen LogP contribution in [0.2, 0.25) is 0 Å². The van der Waals surface area contributed by atoms with Crippen molar-refractivity contribution < 1.29 is 25.8 Å². The van der Waals surface area contributed by atoms with E-state index in [0.29, 0.717) is 11.6 Å². The van der Waals surface area contributed by atoms with Gasteiger partial charge in [-0.1, -0.05) is 87.5 Å². The van der Waals surface area contributed by atoms with Gasteiger partial charge in [-0.3, -0.25) is 0 Å². The van der Waals surface area contributed by atoms with Gasteiger partial charge in [0.25, 0.3) is 0 Å². The number of hydrogen-bond acceptors (Lipinski definition) is 6. The Balaban J connectivity index is 0.00000539. The van der Waals surface area contributed by atoms with E-state index in [2.05, 4.69) is 238 Å². The van der Waals surface area contributed by atoms with Crippen LogP contribution in [0, 0.1) is 18.8 Å². The van der Waals surface area contributed by atoms with Crippen molar-refractivity contribution in [1.82, 2.24) is 9.97 Å². The Morgan fingerprint density at radius 2 is 1.15 bits per heavy atom. The molecule has 2 aliphatic heterocycles. The average Bonchev–Trinajstić information content (AvgIpc) is 3.75. The summed E-state index contributed by atoms with van der Waals surface area (Å²) in [7, 11) is 0. The van der Waals surface area contributed by atoms with E-state index in [1.807, 2.05) is 24.5 Å². The molecule has 0 fully saturated rings. The number of rotatable bonds is 9. The van der Waals surface area contributed by atoms with Crippen molar-refractivity contribution in [3.8, 4) is 33.9 Å². The number of fused-ring (bicyclic) bond motifs is 3. The maximum absolute atomic E-state index is 6.63. The average molecular weight is 1130 g/mol. The minimum absolute atomic E-state index is 0. The van der Waals surface area contributed by atoms with Crippen LogP contribution < -0.4 is 28.4 Å². The van der Waals surface area contributed by atoms with E-state index < -0.39 is 0 Å². The van der Waals surface area contributed by atoms with Crippen LogP contribution in [0.25, 0.3) is 22.3 Å². The number of para-hydroxylation sites is 3. The molecule has 338 valence electrons. The first kappa shape index (κ1) is 45.1. The maximum Gasteiger partial charge on any atom is 0.00382 e. The van der Waals surface area contributed by atoms with Crippen LogP contribution in [0.1, 0.15) is 51.3 Å². The van der Waals surface area contributed by atoms with Gasteiger partial charge in [0.2, 0.25) is 0 Å². The summed E-state index contributed by atoms with van der Waals surface area (Å²) in [6.45, 7) is 13.6. The number of anilines is 7. The molecule has 11 rings (SSSR count). The fourth-order valence-corrected chi connectivity index (χ4v) is 11.1. The Morgan fingerprint density at radius 3 is 1.81 bits per heavy atom. The molecular formula is C60H48N5OPtSe-3. The summed E-state index contributed by atoms with van der Waals surface area (Å²) in [5, 5.41) is 0. The summed E-state index contributed by atoms with van der Waals surface area (Å²) in [6.07, 6.45) is 3.85. The van der Waals surface area contributed by atoms with Crippen LogP contribution in [0.5, 0.6) is 11.6 Å². The Kier molecular flexibility index (Phi) is 12.2. The zero-order chi connectivity index (χ0) is 45.7. The van der Waals surface area contributed by atoms with Gasteiger partial charge in [0, 0.05) is 32.2 Å². The molecule has 2 aromatic heterocycles. The van der Waals surface area contributed by atoms with E-state index in [-0.39, 0.29) is 46.9 Å². The summed E-state index contributed by atoms with van der Waals surface area (Å²) in [5.74, 6) is 1.71. The minimum Gasteiger partial charge on any atom is -0.0622 e. The first-order valence-electron chi connectivity index (χ1n) is 22.6. The predicted octanol–water partition coefficient (Wildman–Crippen LogP) is 13.7. The Hall–Kier alpha value is -6.75. The number of benzene rings is 7. The summed E-state index contributed by atoms with van der Waals surface area (Å²) in [6, 6.07) is 71.5. The van der Waals surface area contributed by atoms with E-state index in [0.717, 1.165) is 66.7 Å². The van der Waals surface area contributed by atoms with E-state index in [9.17, 15) is 0 Å². The number of ether oxygens (including phenoxy) is 1. The molecule has 0 spiro atoms. The fourth-order valence-electron chi connectivity index (χ4n) is 9.05. The third-order valence-electron chi connectivity index (χ3n) is 12.7. The molecular weight excluding hydrogens is 1080 g/mol. The van der Waals surface area contributed by atoms with Crippen LogP contribution in [-0.2, 0) is 31.9 Å². The monoisotopic (exact) mass is 1130 g/mol. The van der Waals surface area contributed by atoms with Gasteiger partial charge < -0.3 is 0 Å². The topological polar surface area (TPSA) is 44.7 Å². The van der Waals surface area contributed by atoms with Crippen molar-refractivity contribution in [3.05, 3.63) is 230 Å². The molecule has 0 amide bonds. The number of nitrogens with zero attached hydrogens (tertiary/aromatic N) is 5. The molecule has 4 heterocycles. The minimum atomic E-state index is -0.242. The van der Waals surface area contributed by atoms with E-state index in [4.69, 9.17) is 14.7 Å². The van der Waals surface area contributed by atoms with Gasteiger partial charge in [0.05, 0.1) is 0 Å². The van der Waals surface area contributed by atoms with Gasteiger partial charge in [0.15, 0.2) is 0 Å². The predicted molar refractivity (Wildman–Crippen MR) is 276 cm³/mol. The van der Waals surface area contributed by atoms with Crippen LogP contribution >= 0.6 is 0 Å². The van der Waals surface area contributed by atoms with Crippen molar-refractivity contribution in [3.63, 3.8) is 0 Å². The maximum atomic E-state index is 6.63. The number of hydrogen-bond donors (Lipinski definition) is 0. The molecule has 2 aliphatic rings. The van der Waals surface area contributed by atoms with Gasteiger partial charge >= 0.3 is 270 Å². The summed E-state index contributed by atoms with van der Waals surface area (Å²) < 4.78 is 9.00. The first-order valence-corrected chi connectivity index (χ1v) is 24.3. The second-order valence-electron chi connectivity index (χ2n) is 18.4. The van der Waals surface area contributed by atoms with Crippen molar-refractivity contribution in [1.29, 1.82) is 0 Å². The third-order valence-corrected chi connectivity index (χ3v) is 15.0. The Labute approximate surface area is 420 Å². The molecule has 9 aromatic rings. The third kappa shape index (κ3) is 8.45. The van der Waals surface area contributed by atoms with Crippen molar-refractivity contribution in [2.75, 3.05) is 14.7 Å². The second-order valence-corrected chi connectivity index (χ2v) is 20.7. The summed E-state index contributed by atoms with van der Waals surface area (Å²) in [5.41, 5.74) is 14.0. The molecule has 7 aromatic carbocycles. The standard InChI is InChI=1S/C60H48N5OSe.Pt/c1-59(2,3)45-34-48(41-20-9-6-10-21-41)58(49(35-45)42-22-11-7-12-23-42)64-40-63(50-28-15-16-29-51(50)64)46-26-19-27-47(37-46)66-57-38-53-55(39-62-57)67-54-31-18-17-30-52(54)65(53)56-36-44(32-33-61-56)60(4,5)43-24-13-8-14-25-43;/h6-36,39-40H,1-5H3;/q-3;. The van der Waals surface area contributed by atoms with Gasteiger partial charge in [-0.15, -0.1) is 0 Å². The largest absolute Gasteiger partial charge is 0.0622 e. The molecule has 68 heavy (non-hydrogen) atoms. The van der Waals surface area contributed by atoms with Crippen molar-refractivity contribution in [2.45, 2.75) is 45.4 Å². The van der Waals surface area contributed by atoms with Crippen LogP contribution in [0.3, 0.4) is 0 Å². The zero-order valence-corrected chi connectivity index (χ0v) is 42.4. The van der Waals surface area contributed by atoms with Gasteiger partial charge in [-0.25, -0.2) is 0 Å². The molecule has 6 nitrogen and oxygen atoms in total. The smallest absolute Gasteiger partial charge is 0.00382 e. The zero-order valence-electron chi connectivity index (χ0n) is 38.4. The van der Waals surface area contributed by atoms with Crippen molar-refractivity contribution >= 4 is 63.8 Å². The molecule has 8 heteroatoms. The summed E-state index contributed by atoms with van der Waals surface area (Å²) >= 11 is 0.0100. The second kappa shape index (κ2) is 18.4. The van der Waals surface area contributed by atoms with Gasteiger partial charge in [0.1, 0.15) is 0 Å². The molecule has 0 unspecified atom stereocenters. The van der Waals surface area contributed by atoms with Crippen LogP contribution in [-0.4, -0.2) is 24.9 Å². The molecule has 0 radical (unpaired) electrons. The van der Waals surface area contributed by atoms with E-state index in [1.165, 1.54) is 21.2 Å². The molecule has 0 atom stereocenters. The number of aromatic nitrogens is 2. The quantitative estimate of drug-likeness (QED) is 0.106. The van der Waals surface area contributed by atoms with Crippen molar-refractivity contribution in [2.24, 2.45) is 0 Å². The Morgan fingerprint density at radius 1 is 0.544 bits per heavy atom. The van der Waals surface area contributed by atoms with E-state index in [1.54, 1.807) is 0 Å². The van der Waals surface area contributed by atoms with Gasteiger partial charge in [-0.05, 0) is 34.2 Å². The van der Waals surface area contributed by atoms with E-state index >= 15 is 0 Å². The summed E-state index contributed by atoms with van der Waals surface area (Å²) in [4.78, 5) is 16.6. The first-order chi connectivity index (χ1) is 32.6. The molecule has 0 aliphatic carbocycles. The van der Waals surface area contributed by atoms with Crippen LogP contribution in [0.15, 0.2) is 194 Å². The van der Waals surface area contributed by atoms with Crippen LogP contribution in [0.4, 0.5) is 39.9 Å². The van der Waals surface area contributed by atoms with Gasteiger partial charge in [-0.2, -0.15) is 0 Å². The molecule has 0 N–H and O–H groups in total. The fraction of sp³-hybridized carbons (Fsp3) is 0.117. The normalized spacial score (nSPS) is 13.0.